The molecule has 0 saturated heterocycles. The maximum Gasteiger partial charge on any atom is 0.416 e. The normalized spacial score (nSPS) is 13.2. The van der Waals surface area contributed by atoms with Crippen LogP contribution in [0.4, 0.5) is 13.2 Å². The Morgan fingerprint density at radius 2 is 1.82 bits per heavy atom. The van der Waals surface area contributed by atoms with Gasteiger partial charge in [0.2, 0.25) is 0 Å². The summed E-state index contributed by atoms with van der Waals surface area (Å²) in [7, 11) is 3.12. The van der Waals surface area contributed by atoms with E-state index in [0.29, 0.717) is 47.1 Å². The summed E-state index contributed by atoms with van der Waals surface area (Å²) in [5.74, 6) is 0. The zero-order valence-corrected chi connectivity index (χ0v) is 19.9. The number of aromatic nitrogens is 3. The van der Waals surface area contributed by atoms with Crippen LogP contribution in [0.25, 0.3) is 10.7 Å². The van der Waals surface area contributed by atoms with E-state index in [1.165, 1.54) is 17.7 Å². The van der Waals surface area contributed by atoms with Crippen LogP contribution >= 0.6 is 23.2 Å². The lowest BCUT2D eigenvalue weighted by Crippen LogP contribution is -2.10. The van der Waals surface area contributed by atoms with E-state index in [0.717, 1.165) is 35.4 Å². The summed E-state index contributed by atoms with van der Waals surface area (Å²) in [6.07, 6.45) is -1.97. The molecule has 0 spiro atoms. The van der Waals surface area contributed by atoms with E-state index in [2.05, 4.69) is 4.98 Å². The smallest absolute Gasteiger partial charge is 0.416 e. The van der Waals surface area contributed by atoms with Crippen LogP contribution in [0.2, 0.25) is 5.15 Å². The average Bonchev–Trinajstić information content (AvgIpc) is 3.29. The number of carbonyl (C=O) groups excluding carboxylic acids is 2. The molecule has 1 aromatic carbocycles. The highest BCUT2D eigenvalue weighted by Crippen LogP contribution is 2.38. The van der Waals surface area contributed by atoms with Crippen molar-refractivity contribution in [1.29, 1.82) is 0 Å². The second-order valence-corrected chi connectivity index (χ2v) is 8.17. The Balaban J connectivity index is 0.000000248. The highest BCUT2D eigenvalue weighted by molar-refractivity contribution is 6.50. The van der Waals surface area contributed by atoms with Crippen LogP contribution in [0.1, 0.15) is 39.4 Å². The minimum absolute atomic E-state index is 0.166. The van der Waals surface area contributed by atoms with E-state index in [4.69, 9.17) is 27.9 Å². The SMILES string of the molecule is COc1nc(Cl)c(C=O)n1C.Cc1cc2c(n1-c1cccc(C(F)(F)F)c1)CCC(C=O)=C2Cl. The van der Waals surface area contributed by atoms with Gasteiger partial charge < -0.3 is 9.30 Å². The molecule has 0 atom stereocenters. The molecular formula is C23H20Cl2F3N3O3. The summed E-state index contributed by atoms with van der Waals surface area (Å²) in [6.45, 7) is 1.81. The molecule has 2 heterocycles. The van der Waals surface area contributed by atoms with Crippen LogP contribution in [0, 0.1) is 6.92 Å². The number of allylic oxidation sites excluding steroid dienone is 1. The molecule has 1 aliphatic rings. The monoisotopic (exact) mass is 513 g/mol. The number of aryl methyl sites for hydroxylation is 1. The third-order valence-corrected chi connectivity index (χ3v) is 6.08. The number of halogens is 5. The van der Waals surface area contributed by atoms with E-state index in [1.807, 2.05) is 6.92 Å². The van der Waals surface area contributed by atoms with E-state index in [1.54, 1.807) is 23.7 Å². The van der Waals surface area contributed by atoms with E-state index in [9.17, 15) is 22.8 Å². The minimum atomic E-state index is -4.39. The van der Waals surface area contributed by atoms with Crippen molar-refractivity contribution in [3.05, 3.63) is 69.3 Å². The standard InChI is InChI=1S/C17H13ClF3NO.C6H7ClN2O2/c1-10-7-14-15(6-5-11(9-23)16(14)18)22(10)13-4-2-3-12(8-13)17(19,20)21;1-9-4(3-10)5(7)8-6(9)11-2/h2-4,7-9H,5-6H2,1H3;3H,1-2H3. The van der Waals surface area contributed by atoms with Crippen molar-refractivity contribution < 1.29 is 27.5 Å². The Bertz CT molecular complexity index is 1280. The number of imidazole rings is 1. The van der Waals surface area contributed by atoms with Crippen LogP contribution < -0.4 is 4.74 Å². The fourth-order valence-electron chi connectivity index (χ4n) is 3.72. The van der Waals surface area contributed by atoms with Gasteiger partial charge >= 0.3 is 6.18 Å². The Morgan fingerprint density at radius 3 is 2.35 bits per heavy atom. The Labute approximate surface area is 203 Å². The number of hydrogen-bond donors (Lipinski definition) is 0. The largest absolute Gasteiger partial charge is 0.468 e. The number of aldehydes is 2. The van der Waals surface area contributed by atoms with Crippen molar-refractivity contribution in [2.24, 2.45) is 7.05 Å². The zero-order chi connectivity index (χ0) is 25.2. The second-order valence-electron chi connectivity index (χ2n) is 7.44. The number of nitrogens with zero attached hydrogens (tertiary/aromatic N) is 3. The molecule has 0 bridgehead atoms. The first kappa shape index (κ1) is 25.6. The predicted octanol–water partition coefficient (Wildman–Crippen LogP) is 5.79. The van der Waals surface area contributed by atoms with Crippen molar-refractivity contribution in [3.8, 4) is 11.7 Å². The van der Waals surface area contributed by atoms with E-state index in [-0.39, 0.29) is 5.15 Å². The fraction of sp³-hybridized carbons (Fsp3) is 0.261. The molecule has 4 rings (SSSR count). The maximum atomic E-state index is 12.9. The summed E-state index contributed by atoms with van der Waals surface area (Å²) in [5, 5.41) is 0.550. The minimum Gasteiger partial charge on any atom is -0.468 e. The summed E-state index contributed by atoms with van der Waals surface area (Å²) in [6, 6.07) is 7.33. The lowest BCUT2D eigenvalue weighted by atomic mass is 9.98. The molecule has 2 aromatic heterocycles. The highest BCUT2D eigenvalue weighted by atomic mass is 35.5. The number of hydrogen-bond acceptors (Lipinski definition) is 4. The van der Waals surface area contributed by atoms with Gasteiger partial charge in [0.15, 0.2) is 11.4 Å². The molecule has 0 saturated carbocycles. The molecule has 0 unspecified atom stereocenters. The summed E-state index contributed by atoms with van der Waals surface area (Å²) in [5.41, 5.74) is 2.93. The molecule has 1 aliphatic carbocycles. The van der Waals surface area contributed by atoms with Crippen LogP contribution in [0.15, 0.2) is 35.9 Å². The highest BCUT2D eigenvalue weighted by Gasteiger charge is 2.31. The number of carbonyl (C=O) groups is 2. The summed E-state index contributed by atoms with van der Waals surface area (Å²) >= 11 is 11.8. The van der Waals surface area contributed by atoms with E-state index >= 15 is 0 Å². The number of fused-ring (bicyclic) bond motifs is 1. The third-order valence-electron chi connectivity index (χ3n) is 5.36. The van der Waals surface area contributed by atoms with E-state index < -0.39 is 11.7 Å². The number of benzene rings is 1. The molecule has 34 heavy (non-hydrogen) atoms. The lowest BCUT2D eigenvalue weighted by molar-refractivity contribution is -0.137. The average molecular weight is 514 g/mol. The van der Waals surface area contributed by atoms with Crippen LogP contribution in [0.5, 0.6) is 6.01 Å². The topological polar surface area (TPSA) is 66.1 Å². The van der Waals surface area contributed by atoms with Crippen molar-refractivity contribution >= 4 is 40.8 Å². The Hall–Kier alpha value is -3.04. The molecule has 3 aromatic rings. The first-order chi connectivity index (χ1) is 16.0. The molecule has 0 amide bonds. The third kappa shape index (κ3) is 4.90. The van der Waals surface area contributed by atoms with Gasteiger partial charge in [-0.05, 0) is 44.0 Å². The van der Waals surface area contributed by atoms with Crippen LogP contribution in [0.3, 0.4) is 0 Å². The second kappa shape index (κ2) is 10.1. The van der Waals surface area contributed by atoms with Gasteiger partial charge in [0.1, 0.15) is 12.0 Å². The molecule has 0 aliphatic heterocycles. The molecule has 0 radical (unpaired) electrons. The van der Waals surface area contributed by atoms with Crippen molar-refractivity contribution in [1.82, 2.24) is 14.1 Å². The van der Waals surface area contributed by atoms with Gasteiger partial charge in [-0.25, -0.2) is 0 Å². The van der Waals surface area contributed by atoms with Gasteiger partial charge in [0.25, 0.3) is 6.01 Å². The first-order valence-corrected chi connectivity index (χ1v) is 10.7. The number of rotatable bonds is 4. The van der Waals surface area contributed by atoms with Crippen molar-refractivity contribution in [3.63, 3.8) is 0 Å². The summed E-state index contributed by atoms with van der Waals surface area (Å²) < 4.78 is 46.9. The number of alkyl halides is 3. The predicted molar refractivity (Wildman–Crippen MR) is 123 cm³/mol. The van der Waals surface area contributed by atoms with Gasteiger partial charge in [0, 0.05) is 35.3 Å². The van der Waals surface area contributed by atoms with Gasteiger partial charge in [-0.2, -0.15) is 18.2 Å². The first-order valence-electron chi connectivity index (χ1n) is 9.97. The van der Waals surface area contributed by atoms with Crippen LogP contribution in [-0.2, 0) is 24.4 Å². The zero-order valence-electron chi connectivity index (χ0n) is 18.4. The maximum absolute atomic E-state index is 12.9. The quantitative estimate of drug-likeness (QED) is 0.414. The summed E-state index contributed by atoms with van der Waals surface area (Å²) in [4.78, 5) is 25.2. The number of methoxy groups -OCH3 is 1. The van der Waals surface area contributed by atoms with Crippen molar-refractivity contribution in [2.45, 2.75) is 25.9 Å². The molecular weight excluding hydrogens is 494 g/mol. The van der Waals surface area contributed by atoms with Crippen LogP contribution in [-0.4, -0.2) is 33.8 Å². The molecule has 11 heteroatoms. The molecule has 180 valence electrons. The lowest BCUT2D eigenvalue weighted by Gasteiger charge is -2.18. The molecule has 0 fully saturated rings. The molecule has 0 N–H and O–H groups in total. The number of ether oxygens (including phenoxy) is 1. The Kier molecular flexibility index (Phi) is 7.57. The van der Waals surface area contributed by atoms with Crippen molar-refractivity contribution in [2.75, 3.05) is 7.11 Å². The van der Waals surface area contributed by atoms with Gasteiger partial charge in [0.05, 0.1) is 17.7 Å². The fourth-order valence-corrected chi connectivity index (χ4v) is 4.27. The molecule has 6 nitrogen and oxygen atoms in total. The Morgan fingerprint density at radius 1 is 1.12 bits per heavy atom. The van der Waals surface area contributed by atoms with Gasteiger partial charge in [-0.3, -0.25) is 14.2 Å². The van der Waals surface area contributed by atoms with Gasteiger partial charge in [-0.15, -0.1) is 0 Å². The van der Waals surface area contributed by atoms with Gasteiger partial charge in [-0.1, -0.05) is 29.3 Å².